The summed E-state index contributed by atoms with van der Waals surface area (Å²) < 4.78 is 11.3. The van der Waals surface area contributed by atoms with Gasteiger partial charge < -0.3 is 9.47 Å². The highest BCUT2D eigenvalue weighted by Crippen LogP contribution is 2.36. The first-order chi connectivity index (χ1) is 14.6. The van der Waals surface area contributed by atoms with Crippen LogP contribution in [0.2, 0.25) is 0 Å². The summed E-state index contributed by atoms with van der Waals surface area (Å²) in [5.41, 5.74) is 0. The topological polar surface area (TPSA) is 69.7 Å². The Morgan fingerprint density at radius 3 is 1.74 bits per heavy atom. The second-order valence-electron chi connectivity index (χ2n) is 10.6. The summed E-state index contributed by atoms with van der Waals surface area (Å²) in [4.78, 5) is 36.8. The monoisotopic (exact) mass is 434 g/mol. The van der Waals surface area contributed by atoms with Crippen LogP contribution in [0.3, 0.4) is 0 Å². The quantitative estimate of drug-likeness (QED) is 0.286. The summed E-state index contributed by atoms with van der Waals surface area (Å²) in [5.74, 6) is 1.19. The Bertz CT molecular complexity index is 650. The molecule has 6 atom stereocenters. The van der Waals surface area contributed by atoms with E-state index in [1.165, 1.54) is 0 Å². The van der Waals surface area contributed by atoms with Crippen LogP contribution in [0.15, 0.2) is 12.2 Å². The van der Waals surface area contributed by atoms with Crippen LogP contribution in [0.25, 0.3) is 0 Å². The largest absolute Gasteiger partial charge is 0.462 e. The summed E-state index contributed by atoms with van der Waals surface area (Å²) in [5, 5.41) is 0. The Kier molecular flexibility index (Phi) is 9.77. The maximum Gasteiger partial charge on any atom is 0.331 e. The van der Waals surface area contributed by atoms with Gasteiger partial charge in [-0.05, 0) is 67.3 Å². The summed E-state index contributed by atoms with van der Waals surface area (Å²) in [6.07, 6.45) is 7.87. The van der Waals surface area contributed by atoms with Crippen LogP contribution < -0.4 is 0 Å². The molecule has 2 aliphatic carbocycles. The molecule has 0 bridgehead atoms. The lowest BCUT2D eigenvalue weighted by Crippen LogP contribution is -2.36. The molecule has 31 heavy (non-hydrogen) atoms. The van der Waals surface area contributed by atoms with Crippen molar-refractivity contribution in [2.45, 2.75) is 98.7 Å². The van der Waals surface area contributed by atoms with Crippen molar-refractivity contribution in [3.05, 3.63) is 12.2 Å². The molecule has 0 aromatic carbocycles. The van der Waals surface area contributed by atoms with E-state index in [2.05, 4.69) is 41.5 Å². The van der Waals surface area contributed by atoms with Gasteiger partial charge in [-0.1, -0.05) is 54.4 Å². The molecule has 2 fully saturated rings. The highest BCUT2D eigenvalue weighted by Gasteiger charge is 2.34. The third kappa shape index (κ3) is 8.08. The van der Waals surface area contributed by atoms with E-state index in [1.807, 2.05) is 0 Å². The molecular weight excluding hydrogens is 392 g/mol. The number of carbonyl (C=O) groups excluding carboxylic acids is 3. The fourth-order valence-electron chi connectivity index (χ4n) is 5.26. The molecule has 0 aliphatic heterocycles. The number of ether oxygens (including phenoxy) is 2. The molecular formula is C26H42O5. The van der Waals surface area contributed by atoms with Crippen molar-refractivity contribution in [1.29, 1.82) is 0 Å². The molecule has 0 heterocycles. The normalized spacial score (nSPS) is 31.7. The van der Waals surface area contributed by atoms with E-state index in [1.54, 1.807) is 0 Å². The van der Waals surface area contributed by atoms with Crippen LogP contribution in [0.5, 0.6) is 0 Å². The Balaban J connectivity index is 1.83. The highest BCUT2D eigenvalue weighted by molar-refractivity contribution is 6.04. The first-order valence-electron chi connectivity index (χ1n) is 12.2. The molecule has 2 aliphatic rings. The maximum atomic E-state index is 12.3. The number of rotatable bonds is 8. The number of carbonyl (C=O) groups is 3. The number of allylic oxidation sites excluding steroid dienone is 1. The molecule has 0 radical (unpaired) electrons. The zero-order valence-electron chi connectivity index (χ0n) is 20.3. The lowest BCUT2D eigenvalue weighted by molar-refractivity contribution is -0.157. The van der Waals surface area contributed by atoms with Crippen LogP contribution in [-0.2, 0) is 23.9 Å². The predicted octanol–water partition coefficient (Wildman–Crippen LogP) is 5.51. The fourth-order valence-corrected chi connectivity index (χ4v) is 5.26. The van der Waals surface area contributed by atoms with Crippen LogP contribution in [-0.4, -0.2) is 29.9 Å². The van der Waals surface area contributed by atoms with Crippen molar-refractivity contribution in [2.75, 3.05) is 0 Å². The Morgan fingerprint density at radius 1 is 0.774 bits per heavy atom. The number of hydrogen-bond donors (Lipinski definition) is 0. The van der Waals surface area contributed by atoms with E-state index in [4.69, 9.17) is 9.47 Å². The van der Waals surface area contributed by atoms with Crippen molar-refractivity contribution in [1.82, 2.24) is 0 Å². The molecule has 176 valence electrons. The van der Waals surface area contributed by atoms with Crippen LogP contribution in [0, 0.1) is 35.5 Å². The van der Waals surface area contributed by atoms with Gasteiger partial charge in [0.15, 0.2) is 5.78 Å². The van der Waals surface area contributed by atoms with Gasteiger partial charge in [0, 0.05) is 6.08 Å². The zero-order valence-corrected chi connectivity index (χ0v) is 20.3. The van der Waals surface area contributed by atoms with Crippen molar-refractivity contribution in [3.63, 3.8) is 0 Å². The van der Waals surface area contributed by atoms with Gasteiger partial charge in [0.1, 0.15) is 18.6 Å². The Morgan fingerprint density at radius 2 is 1.26 bits per heavy atom. The van der Waals surface area contributed by atoms with Crippen molar-refractivity contribution < 1.29 is 23.9 Å². The molecule has 2 rings (SSSR count). The average molecular weight is 435 g/mol. The molecule has 0 aromatic rings. The van der Waals surface area contributed by atoms with Crippen molar-refractivity contribution >= 4 is 17.7 Å². The molecule has 0 amide bonds. The van der Waals surface area contributed by atoms with Gasteiger partial charge in [-0.15, -0.1) is 0 Å². The minimum absolute atomic E-state index is 0.109. The SMILES string of the molecule is CC(C)[C@@H]1CC[C@@H](C)C[C@H]1OC(=O)/C=C/C(=O)CC(=O)O[C@@H]1C[C@H](C)CC[C@H]1C(C)C. The van der Waals surface area contributed by atoms with Gasteiger partial charge >= 0.3 is 11.9 Å². The maximum absolute atomic E-state index is 12.3. The number of esters is 2. The van der Waals surface area contributed by atoms with E-state index < -0.39 is 17.7 Å². The van der Waals surface area contributed by atoms with E-state index in [9.17, 15) is 14.4 Å². The molecule has 0 N–H and O–H groups in total. The van der Waals surface area contributed by atoms with Gasteiger partial charge in [-0.3, -0.25) is 9.59 Å². The van der Waals surface area contributed by atoms with Crippen LogP contribution >= 0.6 is 0 Å². The van der Waals surface area contributed by atoms with Crippen molar-refractivity contribution in [2.24, 2.45) is 35.5 Å². The van der Waals surface area contributed by atoms with E-state index in [0.29, 0.717) is 35.5 Å². The molecule has 5 heteroatoms. The summed E-state index contributed by atoms with van der Waals surface area (Å²) in [6.45, 7) is 13.0. The lowest BCUT2D eigenvalue weighted by Gasteiger charge is -2.36. The summed E-state index contributed by atoms with van der Waals surface area (Å²) in [7, 11) is 0. The van der Waals surface area contributed by atoms with E-state index in [-0.39, 0.29) is 18.6 Å². The minimum Gasteiger partial charge on any atom is -0.462 e. The average Bonchev–Trinajstić information content (AvgIpc) is 2.66. The van der Waals surface area contributed by atoms with Crippen LogP contribution in [0.1, 0.15) is 86.5 Å². The molecule has 5 nitrogen and oxygen atoms in total. The molecule has 0 aromatic heterocycles. The molecule has 0 spiro atoms. The standard InChI is InChI=1S/C26H42O5/c1-16(2)21-10-7-18(5)13-23(21)30-25(28)12-9-20(27)15-26(29)31-24-14-19(6)8-11-22(24)17(3)4/h9,12,16-19,21-24H,7-8,10-11,13-15H2,1-6H3/b12-9+/t18-,19-,21+,22+,23-,24-/m1/s1. The predicted molar refractivity (Wildman–Crippen MR) is 121 cm³/mol. The molecule has 0 unspecified atom stereocenters. The molecule has 0 saturated heterocycles. The lowest BCUT2D eigenvalue weighted by atomic mass is 9.75. The number of hydrogen-bond acceptors (Lipinski definition) is 5. The fraction of sp³-hybridized carbons (Fsp3) is 0.808. The van der Waals surface area contributed by atoms with Gasteiger partial charge in [0.05, 0.1) is 0 Å². The second-order valence-corrected chi connectivity index (χ2v) is 10.6. The third-order valence-corrected chi connectivity index (χ3v) is 7.20. The smallest absolute Gasteiger partial charge is 0.331 e. The van der Waals surface area contributed by atoms with E-state index >= 15 is 0 Å². The van der Waals surface area contributed by atoms with Crippen molar-refractivity contribution in [3.8, 4) is 0 Å². The highest BCUT2D eigenvalue weighted by atomic mass is 16.5. The van der Waals surface area contributed by atoms with Crippen LogP contribution in [0.4, 0.5) is 0 Å². The summed E-state index contributed by atoms with van der Waals surface area (Å²) in [6, 6.07) is 0. The second kappa shape index (κ2) is 11.8. The minimum atomic E-state index is -0.507. The number of ketones is 1. The Labute approximate surface area is 188 Å². The van der Waals surface area contributed by atoms with Gasteiger partial charge in [0.25, 0.3) is 0 Å². The van der Waals surface area contributed by atoms with Gasteiger partial charge in [0.2, 0.25) is 0 Å². The Hall–Kier alpha value is -1.65. The summed E-state index contributed by atoms with van der Waals surface area (Å²) >= 11 is 0. The first-order valence-corrected chi connectivity index (χ1v) is 12.2. The third-order valence-electron chi connectivity index (χ3n) is 7.20. The van der Waals surface area contributed by atoms with Gasteiger partial charge in [-0.2, -0.15) is 0 Å². The first kappa shape index (κ1) is 25.6. The van der Waals surface area contributed by atoms with E-state index in [0.717, 1.165) is 50.7 Å². The molecule has 2 saturated carbocycles. The van der Waals surface area contributed by atoms with Gasteiger partial charge in [-0.25, -0.2) is 4.79 Å². The zero-order chi connectivity index (χ0) is 23.1.